The van der Waals surface area contributed by atoms with E-state index in [2.05, 4.69) is 9.88 Å². The smallest absolute Gasteiger partial charge is 0.122 e. The molecule has 122 valence electrons. The normalized spacial score (nSPS) is 29.6. The number of ether oxygens (including phenoxy) is 3. The van der Waals surface area contributed by atoms with Gasteiger partial charge >= 0.3 is 0 Å². The minimum atomic E-state index is 0.368. The van der Waals surface area contributed by atoms with Crippen molar-refractivity contribution in [1.82, 2.24) is 9.88 Å². The van der Waals surface area contributed by atoms with Crippen molar-refractivity contribution in [3.8, 4) is 5.75 Å². The second-order valence-electron chi connectivity index (χ2n) is 6.17. The summed E-state index contributed by atoms with van der Waals surface area (Å²) >= 11 is 0. The molecule has 2 aliphatic rings. The number of aromatic nitrogens is 1. The first kappa shape index (κ1) is 15.7. The zero-order valence-corrected chi connectivity index (χ0v) is 13.5. The Labute approximate surface area is 132 Å². The number of nitrogens with zero attached hydrogens (tertiary/aromatic N) is 2. The molecule has 0 unspecified atom stereocenters. The molecule has 1 aromatic rings. The van der Waals surface area contributed by atoms with E-state index >= 15 is 0 Å². The Morgan fingerprint density at radius 1 is 1.36 bits per heavy atom. The minimum Gasteiger partial charge on any atom is -0.497 e. The third-order valence-electron chi connectivity index (χ3n) is 4.97. The van der Waals surface area contributed by atoms with E-state index in [-0.39, 0.29) is 0 Å². The SMILES string of the molecule is COc1ccnc(CN2CCOC[C@@H]2[C@@H]2CCC[C@@H]2OC)c1. The predicted molar refractivity (Wildman–Crippen MR) is 83.9 cm³/mol. The van der Waals surface area contributed by atoms with Crippen LogP contribution in [0, 0.1) is 5.92 Å². The molecule has 0 spiro atoms. The van der Waals surface area contributed by atoms with Gasteiger partial charge in [-0.3, -0.25) is 9.88 Å². The van der Waals surface area contributed by atoms with Crippen LogP contribution in [-0.2, 0) is 16.0 Å². The first-order valence-electron chi connectivity index (χ1n) is 8.15. The van der Waals surface area contributed by atoms with Gasteiger partial charge in [0.15, 0.2) is 0 Å². The third-order valence-corrected chi connectivity index (χ3v) is 4.97. The summed E-state index contributed by atoms with van der Waals surface area (Å²) in [5.74, 6) is 1.43. The van der Waals surface area contributed by atoms with Crippen molar-refractivity contribution in [3.05, 3.63) is 24.0 Å². The molecule has 1 aromatic heterocycles. The standard InChI is InChI=1S/C17H26N2O3/c1-20-14-6-7-18-13(10-14)11-19-8-9-22-12-16(19)15-4-3-5-17(15)21-2/h6-7,10,15-17H,3-5,8-9,11-12H2,1-2H3/t15-,16+,17-/m0/s1. The fourth-order valence-electron chi connectivity index (χ4n) is 3.81. The van der Waals surface area contributed by atoms with Crippen LogP contribution in [0.15, 0.2) is 18.3 Å². The quantitative estimate of drug-likeness (QED) is 0.833. The van der Waals surface area contributed by atoms with Gasteiger partial charge in [0, 0.05) is 44.4 Å². The second-order valence-corrected chi connectivity index (χ2v) is 6.17. The summed E-state index contributed by atoms with van der Waals surface area (Å²) in [4.78, 5) is 7.00. The van der Waals surface area contributed by atoms with Gasteiger partial charge in [-0.2, -0.15) is 0 Å². The monoisotopic (exact) mass is 306 g/mol. The highest BCUT2D eigenvalue weighted by Crippen LogP contribution is 2.34. The molecule has 0 N–H and O–H groups in total. The summed E-state index contributed by atoms with van der Waals surface area (Å²) in [7, 11) is 3.53. The molecule has 0 amide bonds. The molecule has 1 aliphatic carbocycles. The molecule has 1 aliphatic heterocycles. The highest BCUT2D eigenvalue weighted by molar-refractivity contribution is 5.22. The van der Waals surface area contributed by atoms with Crippen LogP contribution < -0.4 is 4.74 Å². The van der Waals surface area contributed by atoms with Crippen LogP contribution in [0.25, 0.3) is 0 Å². The van der Waals surface area contributed by atoms with E-state index in [1.807, 2.05) is 25.4 Å². The average molecular weight is 306 g/mol. The molecule has 3 atom stereocenters. The third kappa shape index (κ3) is 3.42. The Kier molecular flexibility index (Phi) is 5.28. The average Bonchev–Trinajstić information content (AvgIpc) is 3.04. The molecular formula is C17H26N2O3. The van der Waals surface area contributed by atoms with Crippen molar-refractivity contribution >= 4 is 0 Å². The van der Waals surface area contributed by atoms with Crippen molar-refractivity contribution in [2.75, 3.05) is 34.0 Å². The Bertz CT molecular complexity index is 483. The van der Waals surface area contributed by atoms with Gasteiger partial charge in [-0.25, -0.2) is 0 Å². The molecule has 0 radical (unpaired) electrons. The van der Waals surface area contributed by atoms with E-state index in [0.29, 0.717) is 18.1 Å². The molecule has 1 saturated heterocycles. The zero-order valence-electron chi connectivity index (χ0n) is 13.5. The van der Waals surface area contributed by atoms with Gasteiger partial charge < -0.3 is 14.2 Å². The summed E-state index contributed by atoms with van der Waals surface area (Å²) in [5.41, 5.74) is 1.05. The molecule has 2 heterocycles. The Morgan fingerprint density at radius 3 is 3.09 bits per heavy atom. The van der Waals surface area contributed by atoms with Crippen molar-refractivity contribution in [2.24, 2.45) is 5.92 Å². The van der Waals surface area contributed by atoms with Crippen molar-refractivity contribution in [1.29, 1.82) is 0 Å². The lowest BCUT2D eigenvalue weighted by Crippen LogP contribution is -2.51. The van der Waals surface area contributed by atoms with Crippen molar-refractivity contribution in [3.63, 3.8) is 0 Å². The molecule has 2 fully saturated rings. The fraction of sp³-hybridized carbons (Fsp3) is 0.706. The van der Waals surface area contributed by atoms with Gasteiger partial charge in [-0.1, -0.05) is 6.42 Å². The number of morpholine rings is 1. The van der Waals surface area contributed by atoms with Gasteiger partial charge in [0.2, 0.25) is 0 Å². The van der Waals surface area contributed by atoms with Gasteiger partial charge in [-0.05, 0) is 18.9 Å². The number of rotatable bonds is 5. The van der Waals surface area contributed by atoms with Crippen LogP contribution in [0.3, 0.4) is 0 Å². The molecule has 1 saturated carbocycles. The first-order valence-corrected chi connectivity index (χ1v) is 8.15. The highest BCUT2D eigenvalue weighted by Gasteiger charge is 2.38. The molecular weight excluding hydrogens is 280 g/mol. The van der Waals surface area contributed by atoms with E-state index in [0.717, 1.165) is 37.7 Å². The second kappa shape index (κ2) is 7.40. The molecule has 5 nitrogen and oxygen atoms in total. The van der Waals surface area contributed by atoms with Crippen LogP contribution in [0.4, 0.5) is 0 Å². The summed E-state index contributed by atoms with van der Waals surface area (Å²) < 4.78 is 16.8. The van der Waals surface area contributed by atoms with Crippen LogP contribution in [0.5, 0.6) is 5.75 Å². The maximum atomic E-state index is 5.76. The van der Waals surface area contributed by atoms with Gasteiger partial charge in [0.05, 0.1) is 32.1 Å². The maximum Gasteiger partial charge on any atom is 0.122 e. The van der Waals surface area contributed by atoms with E-state index in [1.54, 1.807) is 7.11 Å². The fourth-order valence-corrected chi connectivity index (χ4v) is 3.81. The van der Waals surface area contributed by atoms with Crippen molar-refractivity contribution in [2.45, 2.75) is 38.0 Å². The summed E-state index contributed by atoms with van der Waals surface area (Å²) in [6, 6.07) is 4.34. The molecule has 0 aromatic carbocycles. The van der Waals surface area contributed by atoms with Crippen LogP contribution in [0.1, 0.15) is 25.0 Å². The van der Waals surface area contributed by atoms with Gasteiger partial charge in [0.25, 0.3) is 0 Å². The van der Waals surface area contributed by atoms with E-state index in [4.69, 9.17) is 14.2 Å². The lowest BCUT2D eigenvalue weighted by molar-refractivity contribution is -0.0612. The molecule has 22 heavy (non-hydrogen) atoms. The van der Waals surface area contributed by atoms with E-state index < -0.39 is 0 Å². The Balaban J connectivity index is 1.72. The summed E-state index contributed by atoms with van der Waals surface area (Å²) in [5, 5.41) is 0. The van der Waals surface area contributed by atoms with Gasteiger partial charge in [-0.15, -0.1) is 0 Å². The lowest BCUT2D eigenvalue weighted by atomic mass is 9.94. The highest BCUT2D eigenvalue weighted by atomic mass is 16.5. The number of pyridine rings is 1. The topological polar surface area (TPSA) is 43.8 Å². The molecule has 5 heteroatoms. The lowest BCUT2D eigenvalue weighted by Gasteiger charge is -2.40. The predicted octanol–water partition coefficient (Wildman–Crippen LogP) is 2.11. The summed E-state index contributed by atoms with van der Waals surface area (Å²) in [6.45, 7) is 3.40. The van der Waals surface area contributed by atoms with Crippen LogP contribution >= 0.6 is 0 Å². The minimum absolute atomic E-state index is 0.368. The Morgan fingerprint density at radius 2 is 2.27 bits per heavy atom. The van der Waals surface area contributed by atoms with E-state index in [1.165, 1.54) is 19.3 Å². The number of methoxy groups -OCH3 is 2. The number of hydrogen-bond donors (Lipinski definition) is 0. The van der Waals surface area contributed by atoms with Crippen molar-refractivity contribution < 1.29 is 14.2 Å². The largest absolute Gasteiger partial charge is 0.497 e. The molecule has 0 bridgehead atoms. The zero-order chi connectivity index (χ0) is 15.4. The summed E-state index contributed by atoms with van der Waals surface area (Å²) in [6.07, 6.45) is 5.84. The van der Waals surface area contributed by atoms with E-state index in [9.17, 15) is 0 Å². The first-order chi connectivity index (χ1) is 10.8. The van der Waals surface area contributed by atoms with Crippen LogP contribution in [0.2, 0.25) is 0 Å². The number of hydrogen-bond acceptors (Lipinski definition) is 5. The van der Waals surface area contributed by atoms with Gasteiger partial charge in [0.1, 0.15) is 5.75 Å². The molecule has 3 rings (SSSR count). The maximum absolute atomic E-state index is 5.76. The van der Waals surface area contributed by atoms with Crippen LogP contribution in [-0.4, -0.2) is 56.0 Å². The Hall–Kier alpha value is -1.17.